The summed E-state index contributed by atoms with van der Waals surface area (Å²) in [6.45, 7) is 2.31. The van der Waals surface area contributed by atoms with Crippen molar-refractivity contribution in [3.63, 3.8) is 0 Å². The Morgan fingerprint density at radius 2 is 1.44 bits per heavy atom. The summed E-state index contributed by atoms with van der Waals surface area (Å²) in [5.74, 6) is 1.31. The zero-order chi connectivity index (χ0) is 45.6. The number of H-pyrrole nitrogens is 2. The van der Waals surface area contributed by atoms with Crippen molar-refractivity contribution in [2.24, 2.45) is 5.92 Å². The molecule has 1 saturated carbocycles. The molecule has 7 aromatic rings. The minimum absolute atomic E-state index is 0.0643. The number of carbonyl (C=O) groups excluding carboxylic acids is 4. The van der Waals surface area contributed by atoms with Crippen LogP contribution in [-0.4, -0.2) is 99.8 Å². The van der Waals surface area contributed by atoms with Crippen molar-refractivity contribution in [2.75, 3.05) is 27.9 Å². The molecule has 4 heterocycles. The summed E-state index contributed by atoms with van der Waals surface area (Å²) in [7, 11) is 4.09. The van der Waals surface area contributed by atoms with E-state index in [-0.39, 0.29) is 35.9 Å². The molecule has 2 bridgehead atoms. The van der Waals surface area contributed by atoms with Gasteiger partial charge in [-0.3, -0.25) is 9.59 Å². The molecular formula is C51H52N8O7. The van der Waals surface area contributed by atoms with Gasteiger partial charge in [0.05, 0.1) is 55.3 Å². The predicted molar refractivity (Wildman–Crippen MR) is 249 cm³/mol. The molecule has 0 radical (unpaired) electrons. The highest BCUT2D eigenvalue weighted by Gasteiger charge is 2.52. The number of nitrogens with one attached hydrogen (secondary N) is 4. The van der Waals surface area contributed by atoms with Crippen molar-refractivity contribution in [1.82, 2.24) is 40.4 Å². The van der Waals surface area contributed by atoms with E-state index in [1.54, 1.807) is 6.92 Å². The van der Waals surface area contributed by atoms with Crippen molar-refractivity contribution in [3.8, 4) is 22.4 Å². The van der Waals surface area contributed by atoms with Crippen molar-refractivity contribution in [1.29, 1.82) is 0 Å². The van der Waals surface area contributed by atoms with Crippen LogP contribution >= 0.6 is 0 Å². The van der Waals surface area contributed by atoms with Crippen molar-refractivity contribution < 1.29 is 33.4 Å². The molecule has 3 fully saturated rings. The van der Waals surface area contributed by atoms with E-state index in [4.69, 9.17) is 24.2 Å². The van der Waals surface area contributed by atoms with Crippen LogP contribution in [0, 0.1) is 5.92 Å². The predicted octanol–water partition coefficient (Wildman–Crippen LogP) is 8.50. The van der Waals surface area contributed by atoms with Gasteiger partial charge in [0.2, 0.25) is 5.91 Å². The van der Waals surface area contributed by atoms with Gasteiger partial charge in [-0.2, -0.15) is 0 Å². The van der Waals surface area contributed by atoms with Crippen LogP contribution in [0.5, 0.6) is 0 Å². The van der Waals surface area contributed by atoms with Crippen LogP contribution in [0.4, 0.5) is 9.59 Å². The first-order chi connectivity index (χ1) is 32.1. The summed E-state index contributed by atoms with van der Waals surface area (Å²) in [5.41, 5.74) is 6.42. The van der Waals surface area contributed by atoms with E-state index in [0.29, 0.717) is 12.1 Å². The molecule has 10 rings (SSSR count). The number of hydrogen-bond acceptors (Lipinski definition) is 9. The molecule has 7 atom stereocenters. The molecular weight excluding hydrogens is 837 g/mol. The zero-order valence-corrected chi connectivity index (χ0v) is 37.2. The number of benzene rings is 5. The number of methoxy groups -OCH3 is 3. The van der Waals surface area contributed by atoms with E-state index in [1.807, 2.05) is 52.4 Å². The first kappa shape index (κ1) is 42.7. The Balaban J connectivity index is 0.875. The molecule has 4 N–H and O–H groups in total. The third kappa shape index (κ3) is 7.76. The summed E-state index contributed by atoms with van der Waals surface area (Å²) >= 11 is 0. The Kier molecular flexibility index (Phi) is 11.4. The van der Waals surface area contributed by atoms with Gasteiger partial charge in [0.1, 0.15) is 23.7 Å². The molecule has 2 aliphatic heterocycles. The topological polar surface area (TPSA) is 184 Å². The van der Waals surface area contributed by atoms with Crippen LogP contribution in [0.25, 0.3) is 55.0 Å². The molecule has 2 aromatic heterocycles. The van der Waals surface area contributed by atoms with Crippen LogP contribution in [-0.2, 0) is 23.8 Å². The fourth-order valence-electron chi connectivity index (χ4n) is 10.5. The van der Waals surface area contributed by atoms with Gasteiger partial charge in [-0.05, 0) is 102 Å². The highest BCUT2D eigenvalue weighted by molar-refractivity contribution is 6.06. The summed E-state index contributed by atoms with van der Waals surface area (Å²) in [5, 5.41) is 9.66. The van der Waals surface area contributed by atoms with Gasteiger partial charge in [-0.25, -0.2) is 19.6 Å². The highest BCUT2D eigenvalue weighted by atomic mass is 16.5. The first-order valence-electron chi connectivity index (χ1n) is 22.5. The Morgan fingerprint density at radius 1 is 0.742 bits per heavy atom. The lowest BCUT2D eigenvalue weighted by atomic mass is 9.96. The van der Waals surface area contributed by atoms with Gasteiger partial charge < -0.3 is 44.6 Å². The Labute approximate surface area is 381 Å². The third-order valence-corrected chi connectivity index (χ3v) is 13.9. The zero-order valence-electron chi connectivity index (χ0n) is 37.2. The molecule has 1 aliphatic carbocycles. The van der Waals surface area contributed by atoms with Crippen LogP contribution in [0.3, 0.4) is 0 Å². The SMILES string of the molecule is COC(=O)NC(C(=O)N1CCC[C@H]1c1nc2c(ccc3cc(-c4ccc5cc(-c6cnc([C@@H]7[C@H]8CC[C@H](C8)N7C(=O)[C@@H](NC(=O)OC)[C@@H](C)OC)[nH]6)ccc5c4)ccc32)[nH]1)c1ccccc1. The third-order valence-electron chi connectivity index (χ3n) is 13.9. The van der Waals surface area contributed by atoms with Gasteiger partial charge in [-0.1, -0.05) is 72.8 Å². The van der Waals surface area contributed by atoms with Crippen LogP contribution in [0.15, 0.2) is 103 Å². The molecule has 0 spiro atoms. The number of ether oxygens (including phenoxy) is 3. The molecule has 15 nitrogen and oxygen atoms in total. The largest absolute Gasteiger partial charge is 0.453 e. The maximum absolute atomic E-state index is 14.1. The number of aromatic amines is 2. The fraction of sp³-hybridized carbons (Fsp3) is 0.333. The Bertz CT molecular complexity index is 2990. The van der Waals surface area contributed by atoms with Crippen molar-refractivity contribution in [3.05, 3.63) is 120 Å². The average Bonchev–Trinajstić information content (AvgIpc) is 4.23. The lowest BCUT2D eigenvalue weighted by Gasteiger charge is -2.37. The molecule has 5 aromatic carbocycles. The Hall–Kier alpha value is -7.26. The number of hydrogen-bond donors (Lipinski definition) is 4. The number of likely N-dealkylation sites (tertiary alicyclic amines) is 2. The average molecular weight is 889 g/mol. The summed E-state index contributed by atoms with van der Waals surface area (Å²) < 4.78 is 15.2. The fourth-order valence-corrected chi connectivity index (χ4v) is 10.5. The number of nitrogens with zero attached hydrogens (tertiary/aromatic N) is 4. The quantitative estimate of drug-likeness (QED) is 0.0989. The van der Waals surface area contributed by atoms with Gasteiger partial charge in [-0.15, -0.1) is 0 Å². The number of amides is 4. The van der Waals surface area contributed by atoms with E-state index in [2.05, 4.69) is 81.3 Å². The second kappa shape index (κ2) is 17.6. The van der Waals surface area contributed by atoms with Crippen LogP contribution in [0.2, 0.25) is 0 Å². The monoisotopic (exact) mass is 888 g/mol. The van der Waals surface area contributed by atoms with E-state index in [9.17, 15) is 19.2 Å². The first-order valence-corrected chi connectivity index (χ1v) is 22.5. The smallest absolute Gasteiger partial charge is 0.407 e. The number of piperidine rings is 1. The standard InChI is InChI=1S/C51H52N8O7/c1-28(64-2)42(56-50(62)65-3)49(61)59-37-19-16-36(26-37)45(59)47-52-27-40(54-47)35-15-14-31-23-30(12-13-32(31)25-35)33-17-20-38-34(24-33)18-21-39-44(38)55-46(53-39)41-11-8-22-58(41)48(60)43(57-51(63)66-4)29-9-6-5-7-10-29/h5-7,9-10,12-15,17-18,20-21,23-25,27-28,36-37,41-43,45H,8,11,16,19,22,26H2,1-4H3,(H,52,54)(H,53,55)(H,56,62)(H,57,63)/t28-,36+,37-,41+,42+,43?,45+/m1/s1. The second-order valence-corrected chi connectivity index (χ2v) is 17.6. The number of carbonyl (C=O) groups is 4. The maximum Gasteiger partial charge on any atom is 0.407 e. The molecule has 2 saturated heterocycles. The molecule has 1 unspecified atom stereocenters. The van der Waals surface area contributed by atoms with E-state index < -0.39 is 30.4 Å². The van der Waals surface area contributed by atoms with E-state index >= 15 is 0 Å². The summed E-state index contributed by atoms with van der Waals surface area (Å²) in [6.07, 6.45) is 4.30. The number of alkyl carbamates (subject to hydrolysis) is 2. The van der Waals surface area contributed by atoms with Crippen molar-refractivity contribution >= 4 is 56.6 Å². The normalized spacial score (nSPS) is 20.4. The van der Waals surface area contributed by atoms with Gasteiger partial charge in [0.15, 0.2) is 0 Å². The minimum Gasteiger partial charge on any atom is -0.453 e. The number of imidazole rings is 2. The number of aromatic nitrogens is 4. The molecule has 3 aliphatic rings. The van der Waals surface area contributed by atoms with Crippen LogP contribution < -0.4 is 10.6 Å². The molecule has 4 amide bonds. The highest BCUT2D eigenvalue weighted by Crippen LogP contribution is 2.50. The molecule has 338 valence electrons. The molecule has 66 heavy (non-hydrogen) atoms. The lowest BCUT2D eigenvalue weighted by Crippen LogP contribution is -2.56. The minimum atomic E-state index is -0.896. The Morgan fingerprint density at radius 3 is 2.20 bits per heavy atom. The number of fused-ring (bicyclic) bond motifs is 6. The molecule has 15 heteroatoms. The van der Waals surface area contributed by atoms with E-state index in [1.165, 1.54) is 21.3 Å². The van der Waals surface area contributed by atoms with E-state index in [0.717, 1.165) is 98.7 Å². The lowest BCUT2D eigenvalue weighted by molar-refractivity contribution is -0.141. The maximum atomic E-state index is 14.1. The summed E-state index contributed by atoms with van der Waals surface area (Å²) in [6, 6.07) is 30.4. The van der Waals surface area contributed by atoms with Gasteiger partial charge in [0.25, 0.3) is 5.91 Å². The van der Waals surface area contributed by atoms with Gasteiger partial charge >= 0.3 is 12.2 Å². The summed E-state index contributed by atoms with van der Waals surface area (Å²) in [4.78, 5) is 73.5. The number of rotatable bonds is 11. The van der Waals surface area contributed by atoms with Crippen molar-refractivity contribution in [2.45, 2.75) is 75.3 Å². The van der Waals surface area contributed by atoms with Gasteiger partial charge in [0, 0.05) is 30.6 Å². The van der Waals surface area contributed by atoms with Crippen LogP contribution in [0.1, 0.15) is 74.4 Å². The second-order valence-electron chi connectivity index (χ2n) is 17.6.